The summed E-state index contributed by atoms with van der Waals surface area (Å²) in [5, 5.41) is 9.10. The van der Waals surface area contributed by atoms with E-state index in [4.69, 9.17) is 0 Å². The molecule has 9 heteroatoms. The lowest BCUT2D eigenvalue weighted by Crippen LogP contribution is -2.34. The van der Waals surface area contributed by atoms with Crippen molar-refractivity contribution in [2.75, 3.05) is 11.4 Å². The van der Waals surface area contributed by atoms with E-state index in [1.165, 1.54) is 0 Å². The van der Waals surface area contributed by atoms with Gasteiger partial charge in [-0.15, -0.1) is 0 Å². The maximum absolute atomic E-state index is 13.8. The lowest BCUT2D eigenvalue weighted by molar-refractivity contribution is 0.447. The Morgan fingerprint density at radius 3 is 2.37 bits per heavy atom. The predicted molar refractivity (Wildman–Crippen MR) is 102 cm³/mol. The summed E-state index contributed by atoms with van der Waals surface area (Å²) in [6, 6.07) is 5.07. The van der Waals surface area contributed by atoms with Crippen LogP contribution in [0.5, 0.6) is 0 Å². The number of fused-ring (bicyclic) bond motifs is 1. The molecule has 157 valence electrons. The molecule has 2 unspecified atom stereocenters. The van der Waals surface area contributed by atoms with Crippen LogP contribution in [0.2, 0.25) is 0 Å². The molecule has 1 fully saturated rings. The molecule has 0 amide bonds. The predicted octanol–water partition coefficient (Wildman–Crippen LogP) is 3.99. The van der Waals surface area contributed by atoms with E-state index in [0.29, 0.717) is 30.9 Å². The van der Waals surface area contributed by atoms with Crippen molar-refractivity contribution < 1.29 is 17.6 Å². The fourth-order valence-electron chi connectivity index (χ4n) is 4.41. The first-order valence-electron chi connectivity index (χ1n) is 9.83. The van der Waals surface area contributed by atoms with Gasteiger partial charge in [-0.25, -0.2) is 17.6 Å². The van der Waals surface area contributed by atoms with Crippen molar-refractivity contribution >= 4 is 5.82 Å². The molecule has 0 spiro atoms. The van der Waals surface area contributed by atoms with E-state index in [9.17, 15) is 17.6 Å². The van der Waals surface area contributed by atoms with Gasteiger partial charge in [0, 0.05) is 37.7 Å². The maximum atomic E-state index is 13.8. The van der Waals surface area contributed by atoms with Gasteiger partial charge in [0.2, 0.25) is 0 Å². The Morgan fingerprint density at radius 2 is 1.73 bits per heavy atom. The van der Waals surface area contributed by atoms with Crippen molar-refractivity contribution in [3.8, 4) is 11.3 Å². The van der Waals surface area contributed by atoms with Crippen molar-refractivity contribution in [1.29, 1.82) is 0 Å². The third-order valence-electron chi connectivity index (χ3n) is 6.07. The molecule has 1 aliphatic heterocycles. The zero-order valence-electron chi connectivity index (χ0n) is 16.8. The SMILES string of the molecule is C[C@H]1c2nn(C)c(-c3cc(F)c(F)c(F)c3)c2CCN1c1[c]c(C2CC2F)n(C)n1. The van der Waals surface area contributed by atoms with Crippen molar-refractivity contribution in [2.24, 2.45) is 14.1 Å². The molecule has 1 saturated carbocycles. The van der Waals surface area contributed by atoms with Crippen LogP contribution in [0, 0.1) is 23.5 Å². The number of hydrogen-bond acceptors (Lipinski definition) is 3. The van der Waals surface area contributed by atoms with Crippen LogP contribution in [-0.4, -0.2) is 32.3 Å². The highest BCUT2D eigenvalue weighted by Gasteiger charge is 2.42. The second-order valence-electron chi connectivity index (χ2n) is 8.02. The van der Waals surface area contributed by atoms with E-state index in [-0.39, 0.29) is 17.5 Å². The van der Waals surface area contributed by atoms with Gasteiger partial charge in [0.15, 0.2) is 23.3 Å². The molecule has 30 heavy (non-hydrogen) atoms. The third kappa shape index (κ3) is 2.82. The minimum absolute atomic E-state index is 0.142. The molecule has 5 rings (SSSR count). The van der Waals surface area contributed by atoms with Crippen LogP contribution in [0.25, 0.3) is 11.3 Å². The van der Waals surface area contributed by atoms with Crippen molar-refractivity contribution in [2.45, 2.75) is 37.9 Å². The number of aryl methyl sites for hydroxylation is 2. The van der Waals surface area contributed by atoms with Gasteiger partial charge in [0.25, 0.3) is 0 Å². The minimum atomic E-state index is -1.48. The molecular formula is C21H20F4N5. The van der Waals surface area contributed by atoms with E-state index < -0.39 is 23.6 Å². The summed E-state index contributed by atoms with van der Waals surface area (Å²) in [5.41, 5.74) is 3.21. The fourth-order valence-corrected chi connectivity index (χ4v) is 4.41. The molecule has 0 bridgehead atoms. The molecule has 1 radical (unpaired) electrons. The van der Waals surface area contributed by atoms with Gasteiger partial charge in [0.1, 0.15) is 6.17 Å². The molecule has 0 N–H and O–H groups in total. The van der Waals surface area contributed by atoms with Crippen LogP contribution < -0.4 is 4.90 Å². The summed E-state index contributed by atoms with van der Waals surface area (Å²) < 4.78 is 57.7. The Labute approximate surface area is 170 Å². The Balaban J connectivity index is 1.51. The highest BCUT2D eigenvalue weighted by molar-refractivity contribution is 5.67. The lowest BCUT2D eigenvalue weighted by Gasteiger charge is -2.32. The summed E-state index contributed by atoms with van der Waals surface area (Å²) in [7, 11) is 3.49. The zero-order valence-corrected chi connectivity index (χ0v) is 16.8. The quantitative estimate of drug-likeness (QED) is 0.477. The molecule has 5 nitrogen and oxygen atoms in total. The molecule has 2 aromatic heterocycles. The van der Waals surface area contributed by atoms with Crippen LogP contribution in [0.15, 0.2) is 12.1 Å². The Bertz CT molecular complexity index is 1130. The first-order chi connectivity index (χ1) is 14.3. The maximum Gasteiger partial charge on any atom is 0.194 e. The minimum Gasteiger partial charge on any atom is -0.346 e. The highest BCUT2D eigenvalue weighted by Crippen LogP contribution is 2.45. The van der Waals surface area contributed by atoms with E-state index in [0.717, 1.165) is 29.1 Å². The number of halogens is 4. The van der Waals surface area contributed by atoms with Gasteiger partial charge < -0.3 is 4.90 Å². The van der Waals surface area contributed by atoms with E-state index >= 15 is 0 Å². The summed E-state index contributed by atoms with van der Waals surface area (Å²) >= 11 is 0. The normalized spacial score (nSPS) is 23.0. The number of nitrogens with zero attached hydrogens (tertiary/aromatic N) is 5. The summed E-state index contributed by atoms with van der Waals surface area (Å²) in [6.07, 6.45) is 0.242. The topological polar surface area (TPSA) is 38.9 Å². The van der Waals surface area contributed by atoms with Crippen molar-refractivity contribution in [1.82, 2.24) is 19.6 Å². The lowest BCUT2D eigenvalue weighted by atomic mass is 9.95. The Hall–Kier alpha value is -2.84. The molecule has 2 aliphatic rings. The number of rotatable bonds is 3. The van der Waals surface area contributed by atoms with Crippen LogP contribution in [0.4, 0.5) is 23.4 Å². The molecule has 3 aromatic rings. The number of aromatic nitrogens is 4. The third-order valence-corrected chi connectivity index (χ3v) is 6.07. The van der Waals surface area contributed by atoms with Crippen LogP contribution in [-0.2, 0) is 20.5 Å². The standard InChI is InChI=1S/C21H20F4N5/c1-10-20-12(21(29(3)27-20)11-6-15(23)19(25)16(24)7-11)4-5-30(10)18-9-17(28(2)26-18)13-8-14(13)22/h6-7,10,13-14H,4-5,8H2,1-3H3/t10-,13?,14?/m0/s1. The summed E-state index contributed by atoms with van der Waals surface area (Å²) in [5.74, 6) is -3.45. The van der Waals surface area contributed by atoms with Crippen molar-refractivity contribution in [3.05, 3.63) is 52.6 Å². The monoisotopic (exact) mass is 418 g/mol. The highest BCUT2D eigenvalue weighted by atomic mass is 19.2. The molecular weight excluding hydrogens is 398 g/mol. The molecule has 1 aliphatic carbocycles. The summed E-state index contributed by atoms with van der Waals surface area (Å²) in [6.45, 7) is 2.56. The number of alkyl halides is 1. The molecule has 3 atom stereocenters. The molecule has 3 heterocycles. The zero-order chi connectivity index (χ0) is 21.3. The second kappa shape index (κ2) is 6.58. The molecule has 0 saturated heterocycles. The second-order valence-corrected chi connectivity index (χ2v) is 8.02. The fraction of sp³-hybridized carbons (Fsp3) is 0.429. The van der Waals surface area contributed by atoms with Crippen molar-refractivity contribution in [3.63, 3.8) is 0 Å². The first-order valence-corrected chi connectivity index (χ1v) is 9.83. The van der Waals surface area contributed by atoms with E-state index in [1.54, 1.807) is 23.5 Å². The Kier molecular flexibility index (Phi) is 4.20. The average Bonchev–Trinajstić information content (AvgIpc) is 3.13. The van der Waals surface area contributed by atoms with Gasteiger partial charge in [-0.05, 0) is 31.9 Å². The van der Waals surface area contributed by atoms with Gasteiger partial charge >= 0.3 is 0 Å². The van der Waals surface area contributed by atoms with Crippen LogP contribution >= 0.6 is 0 Å². The van der Waals surface area contributed by atoms with Gasteiger partial charge in [-0.2, -0.15) is 10.2 Å². The van der Waals surface area contributed by atoms with Gasteiger partial charge in [-0.1, -0.05) is 0 Å². The van der Waals surface area contributed by atoms with Gasteiger partial charge in [0.05, 0.1) is 29.2 Å². The number of hydrogen-bond donors (Lipinski definition) is 0. The molecule has 1 aromatic carbocycles. The number of benzene rings is 1. The van der Waals surface area contributed by atoms with Crippen LogP contribution in [0.3, 0.4) is 0 Å². The van der Waals surface area contributed by atoms with E-state index in [2.05, 4.69) is 16.3 Å². The first kappa shape index (κ1) is 19.1. The summed E-state index contributed by atoms with van der Waals surface area (Å²) in [4.78, 5) is 2.05. The van der Waals surface area contributed by atoms with Crippen LogP contribution in [0.1, 0.15) is 42.3 Å². The van der Waals surface area contributed by atoms with E-state index in [1.807, 2.05) is 11.8 Å². The van der Waals surface area contributed by atoms with Gasteiger partial charge in [-0.3, -0.25) is 9.36 Å². The Morgan fingerprint density at radius 1 is 1.07 bits per heavy atom. The largest absolute Gasteiger partial charge is 0.346 e. The number of anilines is 1. The smallest absolute Gasteiger partial charge is 0.194 e. The average molecular weight is 418 g/mol.